The van der Waals surface area contributed by atoms with E-state index in [1.807, 2.05) is 21.1 Å². The zero-order chi connectivity index (χ0) is 27.8. The first-order valence-electron chi connectivity index (χ1n) is 14.4. The summed E-state index contributed by atoms with van der Waals surface area (Å²) < 4.78 is 33.0. The van der Waals surface area contributed by atoms with E-state index < -0.39 is 19.9 Å². The third-order valence-electron chi connectivity index (χ3n) is 5.87. The van der Waals surface area contributed by atoms with E-state index in [-0.39, 0.29) is 19.8 Å². The molecule has 0 aliphatic heterocycles. The van der Waals surface area contributed by atoms with Crippen molar-refractivity contribution < 1.29 is 37.3 Å². The van der Waals surface area contributed by atoms with Gasteiger partial charge in [0.05, 0.1) is 34.4 Å². The lowest BCUT2D eigenvalue weighted by Gasteiger charge is -2.28. The van der Waals surface area contributed by atoms with Crippen LogP contribution >= 0.6 is 7.82 Å². The Kier molecular flexibility index (Phi) is 22.7. The second-order valence-corrected chi connectivity index (χ2v) is 12.2. The van der Waals surface area contributed by atoms with Crippen LogP contribution in [0, 0.1) is 0 Å². The second kappa shape index (κ2) is 23.2. The van der Waals surface area contributed by atoms with E-state index >= 15 is 0 Å². The predicted molar refractivity (Wildman–Crippen MR) is 148 cm³/mol. The molecule has 9 heteroatoms. The van der Waals surface area contributed by atoms with Crippen LogP contribution in [0.25, 0.3) is 0 Å². The molecule has 0 aliphatic carbocycles. The number of allylic oxidation sites excluding steroid dienone is 2. The first-order chi connectivity index (χ1) is 17.6. The molecule has 0 rings (SSSR count). The molecule has 0 aromatic carbocycles. The van der Waals surface area contributed by atoms with Gasteiger partial charge in [-0.15, -0.1) is 0 Å². The van der Waals surface area contributed by atoms with Crippen molar-refractivity contribution in [3.63, 3.8) is 0 Å². The minimum absolute atomic E-state index is 0.0228. The van der Waals surface area contributed by atoms with Gasteiger partial charge in [-0.25, -0.2) is 0 Å². The van der Waals surface area contributed by atoms with Gasteiger partial charge in [-0.05, 0) is 32.1 Å². The summed E-state index contributed by atoms with van der Waals surface area (Å²) in [5.41, 5.74) is 0. The number of nitrogens with zero attached hydrogens (tertiary/aromatic N) is 1. The fourth-order valence-electron chi connectivity index (χ4n) is 3.66. The number of phosphoric ester groups is 1. The lowest BCUT2D eigenvalue weighted by Crippen LogP contribution is -2.37. The van der Waals surface area contributed by atoms with Gasteiger partial charge in [0.25, 0.3) is 7.82 Å². The fourth-order valence-corrected chi connectivity index (χ4v) is 4.38. The Bertz CT molecular complexity index is 622. The van der Waals surface area contributed by atoms with Crippen LogP contribution in [-0.2, 0) is 27.9 Å². The quantitative estimate of drug-likeness (QED) is 0.0418. The van der Waals surface area contributed by atoms with Crippen LogP contribution in [0.2, 0.25) is 0 Å². The molecule has 0 aromatic heterocycles. The molecule has 0 aromatic rings. The highest BCUT2D eigenvalue weighted by atomic mass is 31.2. The number of rotatable bonds is 26. The number of likely N-dealkylation sites (N-methyl/N-ethyl adjacent to an activating group) is 1. The van der Waals surface area contributed by atoms with Crippen molar-refractivity contribution >= 4 is 13.8 Å². The van der Waals surface area contributed by atoms with Gasteiger partial charge in [-0.3, -0.25) is 9.36 Å². The Hall–Kier alpha value is -0.760. The summed E-state index contributed by atoms with van der Waals surface area (Å²) in [6.45, 7) is 4.37. The van der Waals surface area contributed by atoms with Crippen molar-refractivity contribution in [2.75, 3.05) is 54.1 Å². The number of esters is 1. The Balaban J connectivity index is 3.77. The van der Waals surface area contributed by atoms with Gasteiger partial charge in [0.2, 0.25) is 0 Å². The van der Waals surface area contributed by atoms with Crippen LogP contribution in [0.3, 0.4) is 0 Å². The van der Waals surface area contributed by atoms with Crippen LogP contribution < -0.4 is 4.89 Å². The second-order valence-electron chi connectivity index (χ2n) is 10.8. The largest absolute Gasteiger partial charge is 0.756 e. The van der Waals surface area contributed by atoms with Gasteiger partial charge < -0.3 is 27.9 Å². The van der Waals surface area contributed by atoms with E-state index in [2.05, 4.69) is 19.1 Å². The van der Waals surface area contributed by atoms with E-state index in [9.17, 15) is 14.3 Å². The number of carbonyl (C=O) groups is 1. The maximum Gasteiger partial charge on any atom is 0.303 e. The van der Waals surface area contributed by atoms with E-state index in [1.165, 1.54) is 84.0 Å². The van der Waals surface area contributed by atoms with E-state index in [4.69, 9.17) is 18.5 Å². The molecular formula is C28H56NO7P. The van der Waals surface area contributed by atoms with Crippen molar-refractivity contribution in [3.8, 4) is 0 Å². The van der Waals surface area contributed by atoms with Crippen molar-refractivity contribution in [3.05, 3.63) is 12.2 Å². The third-order valence-corrected chi connectivity index (χ3v) is 6.83. The number of unbranched alkanes of at least 4 members (excludes halogenated alkanes) is 12. The molecule has 8 nitrogen and oxygen atoms in total. The smallest absolute Gasteiger partial charge is 0.303 e. The molecule has 0 saturated carbocycles. The van der Waals surface area contributed by atoms with Crippen LogP contribution in [-0.4, -0.2) is 70.7 Å². The van der Waals surface area contributed by atoms with Gasteiger partial charge in [0, 0.05) is 13.5 Å². The van der Waals surface area contributed by atoms with Gasteiger partial charge in [-0.1, -0.05) is 76.9 Å². The average Bonchev–Trinajstić information content (AvgIpc) is 2.80. The lowest BCUT2D eigenvalue weighted by molar-refractivity contribution is -0.870. The maximum atomic E-state index is 11.9. The Morgan fingerprint density at radius 1 is 0.811 bits per heavy atom. The molecule has 0 amide bonds. The predicted octanol–water partition coefficient (Wildman–Crippen LogP) is 6.18. The van der Waals surface area contributed by atoms with E-state index in [1.54, 1.807) is 0 Å². The van der Waals surface area contributed by atoms with Crippen LogP contribution in [0.4, 0.5) is 0 Å². The SMILES string of the molecule is CCCCCCCC/C=C\CCCCCCCCOC[C@@H](COP(=O)([O-])OCC[N+](C)(C)C)OC(C)=O. The molecule has 0 bridgehead atoms. The van der Waals surface area contributed by atoms with E-state index in [0.29, 0.717) is 17.6 Å². The Morgan fingerprint density at radius 3 is 1.89 bits per heavy atom. The van der Waals surface area contributed by atoms with Gasteiger partial charge in [0.15, 0.2) is 0 Å². The average molecular weight is 550 g/mol. The monoisotopic (exact) mass is 549 g/mol. The summed E-state index contributed by atoms with van der Waals surface area (Å²) in [5, 5.41) is 0. The minimum Gasteiger partial charge on any atom is -0.756 e. The van der Waals surface area contributed by atoms with Crippen molar-refractivity contribution in [1.82, 2.24) is 0 Å². The summed E-state index contributed by atoms with van der Waals surface area (Å²) in [6, 6.07) is 0. The van der Waals surface area contributed by atoms with E-state index in [0.717, 1.165) is 12.8 Å². The number of hydrogen-bond donors (Lipinski definition) is 0. The number of hydrogen-bond acceptors (Lipinski definition) is 7. The topological polar surface area (TPSA) is 94.1 Å². The van der Waals surface area contributed by atoms with Crippen molar-refractivity contribution in [2.24, 2.45) is 0 Å². The lowest BCUT2D eigenvalue weighted by atomic mass is 10.1. The number of ether oxygens (including phenoxy) is 2. The molecule has 37 heavy (non-hydrogen) atoms. The van der Waals surface area contributed by atoms with Gasteiger partial charge in [-0.2, -0.15) is 0 Å². The maximum absolute atomic E-state index is 11.9. The molecule has 220 valence electrons. The van der Waals surface area contributed by atoms with Gasteiger partial charge >= 0.3 is 5.97 Å². The highest BCUT2D eigenvalue weighted by Crippen LogP contribution is 2.38. The number of quaternary nitrogens is 1. The zero-order valence-electron chi connectivity index (χ0n) is 24.4. The van der Waals surface area contributed by atoms with Crippen molar-refractivity contribution in [2.45, 2.75) is 110 Å². The molecule has 0 fully saturated rings. The normalized spacial score (nSPS) is 14.6. The van der Waals surface area contributed by atoms with Crippen LogP contribution in [0.1, 0.15) is 104 Å². The summed E-state index contributed by atoms with van der Waals surface area (Å²) in [6.07, 6.45) is 21.3. The standard InChI is InChI=1S/C28H56NO7P/c1-6-7-8-9-10-11-12-13-14-15-16-17-18-19-20-21-23-33-25-28(36-27(2)30)26-35-37(31,32)34-24-22-29(3,4)5/h13-14,28H,6-12,15-26H2,1-5H3/b14-13-/t28-/m0/s1. The minimum atomic E-state index is -4.47. The van der Waals surface area contributed by atoms with Crippen molar-refractivity contribution in [1.29, 1.82) is 0 Å². The summed E-state index contributed by atoms with van der Waals surface area (Å²) in [7, 11) is 1.34. The highest BCUT2D eigenvalue weighted by molar-refractivity contribution is 7.45. The van der Waals surface area contributed by atoms with Crippen LogP contribution in [0.15, 0.2) is 12.2 Å². The first kappa shape index (κ1) is 36.2. The van der Waals surface area contributed by atoms with Crippen LogP contribution in [0.5, 0.6) is 0 Å². The molecule has 0 spiro atoms. The number of phosphoric acid groups is 1. The molecule has 0 saturated heterocycles. The molecule has 0 heterocycles. The van der Waals surface area contributed by atoms with Gasteiger partial charge in [0.1, 0.15) is 19.3 Å². The molecule has 0 N–H and O–H groups in total. The Morgan fingerprint density at radius 2 is 1.35 bits per heavy atom. The third kappa shape index (κ3) is 28.1. The molecule has 2 atom stereocenters. The highest BCUT2D eigenvalue weighted by Gasteiger charge is 2.19. The number of carbonyl (C=O) groups excluding carboxylic acids is 1. The molecular weight excluding hydrogens is 493 g/mol. The molecule has 0 radical (unpaired) electrons. The summed E-state index contributed by atoms with van der Waals surface area (Å²) in [4.78, 5) is 23.3. The summed E-state index contributed by atoms with van der Waals surface area (Å²) in [5.74, 6) is -0.513. The fraction of sp³-hybridized carbons (Fsp3) is 0.893. The Labute approximate surface area is 227 Å². The molecule has 0 aliphatic rings. The first-order valence-corrected chi connectivity index (χ1v) is 15.8. The molecule has 1 unspecified atom stereocenters. The zero-order valence-corrected chi connectivity index (χ0v) is 25.3. The summed E-state index contributed by atoms with van der Waals surface area (Å²) >= 11 is 0.